The molecule has 1 fully saturated rings. The van der Waals surface area contributed by atoms with Crippen molar-refractivity contribution in [2.45, 2.75) is 52.6 Å². The third-order valence-electron chi connectivity index (χ3n) is 4.63. The van der Waals surface area contributed by atoms with E-state index >= 15 is 0 Å². The minimum atomic E-state index is -0.434. The maximum Gasteiger partial charge on any atom is 0.321 e. The highest BCUT2D eigenvalue weighted by molar-refractivity contribution is 5.95. The number of imide groups is 1. The lowest BCUT2D eigenvalue weighted by molar-refractivity contribution is -0.121. The Kier molecular flexibility index (Phi) is 7.39. The number of urea groups is 1. The molecule has 6 nitrogen and oxygen atoms in total. The standard InChI is InChI=1S/C21H34N4O2/c1-16(2)18-8-6-17(7-9-18)14-24-10-12-25(13-11-24)15-19(26)22-20(27)23-21(3,4)5/h6-9,16H,10-15H2,1-5H3,(H2,22,23,26,27). The van der Waals surface area contributed by atoms with Gasteiger partial charge in [-0.25, -0.2) is 4.79 Å². The molecule has 0 unspecified atom stereocenters. The minimum absolute atomic E-state index is 0.255. The molecule has 2 N–H and O–H groups in total. The van der Waals surface area contributed by atoms with Gasteiger partial charge in [-0.1, -0.05) is 38.1 Å². The molecular formula is C21H34N4O2. The maximum absolute atomic E-state index is 12.0. The van der Waals surface area contributed by atoms with Crippen LogP contribution in [0.1, 0.15) is 51.7 Å². The fourth-order valence-electron chi connectivity index (χ4n) is 3.11. The Morgan fingerprint density at radius 1 is 1.00 bits per heavy atom. The zero-order valence-electron chi connectivity index (χ0n) is 17.3. The van der Waals surface area contributed by atoms with Crippen LogP contribution < -0.4 is 10.6 Å². The molecule has 27 heavy (non-hydrogen) atoms. The highest BCUT2D eigenvalue weighted by atomic mass is 16.2. The number of carbonyl (C=O) groups excluding carboxylic acids is 2. The predicted molar refractivity (Wildman–Crippen MR) is 109 cm³/mol. The molecule has 150 valence electrons. The summed E-state index contributed by atoms with van der Waals surface area (Å²) in [6, 6.07) is 8.41. The molecule has 2 rings (SSSR count). The third kappa shape index (κ3) is 7.69. The molecule has 0 spiro atoms. The van der Waals surface area contributed by atoms with Gasteiger partial charge >= 0.3 is 6.03 Å². The Morgan fingerprint density at radius 3 is 2.07 bits per heavy atom. The molecule has 0 radical (unpaired) electrons. The van der Waals surface area contributed by atoms with Crippen LogP contribution in [0.4, 0.5) is 4.79 Å². The SMILES string of the molecule is CC(C)c1ccc(CN2CCN(CC(=O)NC(=O)NC(C)(C)C)CC2)cc1. The Morgan fingerprint density at radius 2 is 1.56 bits per heavy atom. The van der Waals surface area contributed by atoms with Crippen molar-refractivity contribution >= 4 is 11.9 Å². The van der Waals surface area contributed by atoms with Gasteiger partial charge in [0, 0.05) is 38.3 Å². The lowest BCUT2D eigenvalue weighted by Crippen LogP contribution is -2.52. The smallest absolute Gasteiger partial charge is 0.321 e. The summed E-state index contributed by atoms with van der Waals surface area (Å²) in [6.45, 7) is 14.8. The van der Waals surface area contributed by atoms with Crippen LogP contribution in [0.2, 0.25) is 0 Å². The van der Waals surface area contributed by atoms with E-state index in [1.807, 2.05) is 20.8 Å². The average Bonchev–Trinajstić information content (AvgIpc) is 2.55. The normalized spacial score (nSPS) is 16.4. The molecule has 1 aliphatic rings. The quantitative estimate of drug-likeness (QED) is 0.831. The monoisotopic (exact) mass is 374 g/mol. The summed E-state index contributed by atoms with van der Waals surface area (Å²) in [7, 11) is 0. The number of hydrogen-bond donors (Lipinski definition) is 2. The summed E-state index contributed by atoms with van der Waals surface area (Å²) < 4.78 is 0. The second-order valence-electron chi connectivity index (χ2n) is 8.70. The lowest BCUT2D eigenvalue weighted by Gasteiger charge is -2.34. The van der Waals surface area contributed by atoms with E-state index < -0.39 is 6.03 Å². The lowest BCUT2D eigenvalue weighted by atomic mass is 10.0. The molecule has 1 aromatic carbocycles. The van der Waals surface area contributed by atoms with Gasteiger partial charge in [0.15, 0.2) is 0 Å². The number of nitrogens with zero attached hydrogens (tertiary/aromatic N) is 2. The van der Waals surface area contributed by atoms with E-state index in [0.717, 1.165) is 32.7 Å². The molecule has 1 aromatic rings. The van der Waals surface area contributed by atoms with Crippen molar-refractivity contribution in [2.24, 2.45) is 0 Å². The van der Waals surface area contributed by atoms with Crippen molar-refractivity contribution in [3.05, 3.63) is 35.4 Å². The van der Waals surface area contributed by atoms with E-state index in [4.69, 9.17) is 0 Å². The highest BCUT2D eigenvalue weighted by Gasteiger charge is 2.21. The molecule has 1 aliphatic heterocycles. The number of rotatable bonds is 5. The van der Waals surface area contributed by atoms with E-state index in [1.54, 1.807) is 0 Å². The Balaban J connectivity index is 1.72. The topological polar surface area (TPSA) is 64.7 Å². The van der Waals surface area contributed by atoms with Gasteiger partial charge in [0.2, 0.25) is 5.91 Å². The summed E-state index contributed by atoms with van der Waals surface area (Å²) in [5, 5.41) is 5.14. The summed E-state index contributed by atoms with van der Waals surface area (Å²) in [6.07, 6.45) is 0. The first-order valence-electron chi connectivity index (χ1n) is 9.78. The summed E-state index contributed by atoms with van der Waals surface area (Å²) in [4.78, 5) is 28.3. The molecule has 3 amide bonds. The second kappa shape index (κ2) is 9.33. The van der Waals surface area contributed by atoms with Crippen LogP contribution in [0, 0.1) is 0 Å². The molecule has 0 aromatic heterocycles. The van der Waals surface area contributed by atoms with Crippen LogP contribution in [0.25, 0.3) is 0 Å². The van der Waals surface area contributed by atoms with Crippen molar-refractivity contribution < 1.29 is 9.59 Å². The van der Waals surface area contributed by atoms with Crippen molar-refractivity contribution in [1.82, 2.24) is 20.4 Å². The van der Waals surface area contributed by atoms with E-state index in [-0.39, 0.29) is 18.0 Å². The predicted octanol–water partition coefficient (Wildman–Crippen LogP) is 2.55. The van der Waals surface area contributed by atoms with E-state index in [2.05, 4.69) is 58.5 Å². The van der Waals surface area contributed by atoms with Gasteiger partial charge in [0.25, 0.3) is 0 Å². The minimum Gasteiger partial charge on any atom is -0.333 e. The first-order chi connectivity index (χ1) is 12.6. The second-order valence-corrected chi connectivity index (χ2v) is 8.70. The van der Waals surface area contributed by atoms with Crippen LogP contribution in [0.15, 0.2) is 24.3 Å². The Hall–Kier alpha value is -1.92. The number of piperazine rings is 1. The summed E-state index contributed by atoms with van der Waals surface area (Å²) >= 11 is 0. The zero-order chi connectivity index (χ0) is 20.0. The molecule has 0 saturated carbocycles. The van der Waals surface area contributed by atoms with Crippen LogP contribution in [0.3, 0.4) is 0 Å². The van der Waals surface area contributed by atoms with Crippen molar-refractivity contribution in [3.8, 4) is 0 Å². The number of hydrogen-bond acceptors (Lipinski definition) is 4. The molecule has 1 saturated heterocycles. The third-order valence-corrected chi connectivity index (χ3v) is 4.63. The van der Waals surface area contributed by atoms with Crippen molar-refractivity contribution in [2.75, 3.05) is 32.7 Å². The van der Waals surface area contributed by atoms with Crippen LogP contribution in [-0.2, 0) is 11.3 Å². The fourth-order valence-corrected chi connectivity index (χ4v) is 3.11. The van der Waals surface area contributed by atoms with Crippen LogP contribution in [-0.4, -0.2) is 60.0 Å². The number of nitrogens with one attached hydrogen (secondary N) is 2. The van der Waals surface area contributed by atoms with Crippen molar-refractivity contribution in [3.63, 3.8) is 0 Å². The number of benzene rings is 1. The summed E-state index contributed by atoms with van der Waals surface area (Å²) in [5.41, 5.74) is 2.33. The first kappa shape index (κ1) is 21.4. The highest BCUT2D eigenvalue weighted by Crippen LogP contribution is 2.16. The van der Waals surface area contributed by atoms with Gasteiger partial charge in [-0.15, -0.1) is 0 Å². The first-order valence-corrected chi connectivity index (χ1v) is 9.78. The van der Waals surface area contributed by atoms with Gasteiger partial charge in [-0.2, -0.15) is 0 Å². The maximum atomic E-state index is 12.0. The van der Waals surface area contributed by atoms with Crippen LogP contribution in [0.5, 0.6) is 0 Å². The van der Waals surface area contributed by atoms with Crippen molar-refractivity contribution in [1.29, 1.82) is 0 Å². The molecule has 1 heterocycles. The van der Waals surface area contributed by atoms with Gasteiger partial charge in [-0.3, -0.25) is 19.9 Å². The van der Waals surface area contributed by atoms with E-state index in [1.165, 1.54) is 11.1 Å². The van der Waals surface area contributed by atoms with E-state index in [9.17, 15) is 9.59 Å². The van der Waals surface area contributed by atoms with Gasteiger partial charge in [0.1, 0.15) is 0 Å². The Bertz CT molecular complexity index is 627. The number of amides is 3. The average molecular weight is 375 g/mol. The molecule has 0 aliphatic carbocycles. The van der Waals surface area contributed by atoms with Crippen LogP contribution >= 0.6 is 0 Å². The van der Waals surface area contributed by atoms with Gasteiger partial charge < -0.3 is 5.32 Å². The largest absolute Gasteiger partial charge is 0.333 e. The van der Waals surface area contributed by atoms with Gasteiger partial charge in [-0.05, 0) is 37.8 Å². The van der Waals surface area contributed by atoms with E-state index in [0.29, 0.717) is 5.92 Å². The van der Waals surface area contributed by atoms with Gasteiger partial charge in [0.05, 0.1) is 6.54 Å². The molecule has 0 atom stereocenters. The molecule has 6 heteroatoms. The zero-order valence-corrected chi connectivity index (χ0v) is 17.3. The Labute approximate surface area is 163 Å². The number of carbonyl (C=O) groups is 2. The molecular weight excluding hydrogens is 340 g/mol. The summed E-state index contributed by atoms with van der Waals surface area (Å²) in [5.74, 6) is 0.300. The fraction of sp³-hybridized carbons (Fsp3) is 0.619. The molecule has 0 bridgehead atoms.